The Hall–Kier alpha value is -2.69. The van der Waals surface area contributed by atoms with Crippen LogP contribution in [-0.4, -0.2) is 9.97 Å². The van der Waals surface area contributed by atoms with E-state index in [1.807, 2.05) is 18.2 Å². The third-order valence-corrected chi connectivity index (χ3v) is 4.38. The van der Waals surface area contributed by atoms with E-state index >= 15 is 0 Å². The van der Waals surface area contributed by atoms with E-state index in [9.17, 15) is 4.39 Å². The van der Waals surface area contributed by atoms with Crippen LogP contribution in [0.1, 0.15) is 0 Å². The van der Waals surface area contributed by atoms with Crippen LogP contribution in [-0.2, 0) is 0 Å². The molecular weight excluding hydrogens is 372 g/mol. The summed E-state index contributed by atoms with van der Waals surface area (Å²) in [6.07, 6.45) is 0. The molecule has 0 amide bonds. The monoisotopic (exact) mass is 383 g/mol. The average Bonchev–Trinajstić information content (AvgIpc) is 2.63. The second-order valence-corrected chi connectivity index (χ2v) is 6.54. The summed E-state index contributed by atoms with van der Waals surface area (Å²) in [5.74, 6) is 0.637. The fourth-order valence-corrected chi connectivity index (χ4v) is 2.91. The maximum atomic E-state index is 14.1. The highest BCUT2D eigenvalue weighted by molar-refractivity contribution is 6.31. The number of aromatic nitrogens is 2. The van der Waals surface area contributed by atoms with Gasteiger partial charge in [-0.15, -0.1) is 0 Å². The lowest BCUT2D eigenvalue weighted by molar-refractivity contribution is 0.632. The predicted molar refractivity (Wildman–Crippen MR) is 105 cm³/mol. The second kappa shape index (κ2) is 6.90. The predicted octanol–water partition coefficient (Wildman–Crippen LogP) is 6.49. The molecule has 0 unspecified atom stereocenters. The molecule has 1 aromatic heterocycles. The van der Waals surface area contributed by atoms with Crippen molar-refractivity contribution in [3.63, 3.8) is 0 Å². The molecule has 1 heterocycles. The van der Waals surface area contributed by atoms with E-state index in [0.29, 0.717) is 32.9 Å². The summed E-state index contributed by atoms with van der Waals surface area (Å²) in [6.45, 7) is 0. The third kappa shape index (κ3) is 3.34. The molecule has 0 fully saturated rings. The first-order chi connectivity index (χ1) is 12.6. The summed E-state index contributed by atoms with van der Waals surface area (Å²) in [5, 5.41) is 5.00. The van der Waals surface area contributed by atoms with Crippen LogP contribution in [0.2, 0.25) is 10.0 Å². The highest BCUT2D eigenvalue weighted by atomic mass is 35.5. The molecule has 128 valence electrons. The van der Waals surface area contributed by atoms with Crippen LogP contribution in [0.25, 0.3) is 22.3 Å². The minimum absolute atomic E-state index is 0.338. The second-order valence-electron chi connectivity index (χ2n) is 5.67. The van der Waals surface area contributed by atoms with Gasteiger partial charge >= 0.3 is 0 Å². The van der Waals surface area contributed by atoms with Crippen molar-refractivity contribution >= 4 is 45.6 Å². The van der Waals surface area contributed by atoms with Gasteiger partial charge in [0.2, 0.25) is 0 Å². The minimum atomic E-state index is -0.360. The van der Waals surface area contributed by atoms with E-state index in [0.717, 1.165) is 10.9 Å². The summed E-state index contributed by atoms with van der Waals surface area (Å²) in [4.78, 5) is 9.18. The Morgan fingerprint density at radius 2 is 1.54 bits per heavy atom. The Labute approximate surface area is 159 Å². The van der Waals surface area contributed by atoms with Gasteiger partial charge in [-0.25, -0.2) is 14.4 Å². The van der Waals surface area contributed by atoms with Crippen LogP contribution < -0.4 is 5.32 Å². The van der Waals surface area contributed by atoms with E-state index in [4.69, 9.17) is 23.2 Å². The van der Waals surface area contributed by atoms with Crippen LogP contribution in [0.15, 0.2) is 66.7 Å². The molecule has 0 bridgehead atoms. The summed E-state index contributed by atoms with van der Waals surface area (Å²) >= 11 is 12.1. The fourth-order valence-electron chi connectivity index (χ4n) is 2.62. The van der Waals surface area contributed by atoms with Crippen LogP contribution in [0.4, 0.5) is 15.9 Å². The van der Waals surface area contributed by atoms with Crippen molar-refractivity contribution in [1.82, 2.24) is 9.97 Å². The zero-order valence-corrected chi connectivity index (χ0v) is 14.9. The van der Waals surface area contributed by atoms with E-state index < -0.39 is 0 Å². The molecule has 0 aliphatic rings. The van der Waals surface area contributed by atoms with Crippen molar-refractivity contribution < 1.29 is 4.39 Å². The van der Waals surface area contributed by atoms with Crippen LogP contribution in [0.3, 0.4) is 0 Å². The molecule has 3 aromatic carbocycles. The van der Waals surface area contributed by atoms with Crippen LogP contribution in [0, 0.1) is 5.82 Å². The van der Waals surface area contributed by atoms with Gasteiger partial charge in [0.25, 0.3) is 0 Å². The number of hydrogen-bond acceptors (Lipinski definition) is 3. The Morgan fingerprint density at radius 3 is 2.31 bits per heavy atom. The SMILES string of the molecule is Fc1ccccc1Nc1nc(-c2ccc(Cl)cc2)nc2cc(Cl)ccc12. The quantitative estimate of drug-likeness (QED) is 0.439. The maximum absolute atomic E-state index is 14.1. The Morgan fingerprint density at radius 1 is 0.808 bits per heavy atom. The summed E-state index contributed by atoms with van der Waals surface area (Å²) < 4.78 is 14.1. The Kier molecular flexibility index (Phi) is 4.45. The van der Waals surface area contributed by atoms with E-state index in [1.165, 1.54) is 6.07 Å². The summed E-state index contributed by atoms with van der Waals surface area (Å²) in [5.41, 5.74) is 1.80. The van der Waals surface area contributed by atoms with Gasteiger partial charge in [0.05, 0.1) is 11.2 Å². The average molecular weight is 384 g/mol. The van der Waals surface area contributed by atoms with Gasteiger partial charge in [0.1, 0.15) is 11.6 Å². The lowest BCUT2D eigenvalue weighted by Gasteiger charge is -2.12. The van der Waals surface area contributed by atoms with Gasteiger partial charge in [-0.05, 0) is 54.6 Å². The number of benzene rings is 3. The van der Waals surface area contributed by atoms with Crippen molar-refractivity contribution in [2.75, 3.05) is 5.32 Å². The number of fused-ring (bicyclic) bond motifs is 1. The zero-order chi connectivity index (χ0) is 18.1. The molecule has 0 aliphatic carbocycles. The highest BCUT2D eigenvalue weighted by Crippen LogP contribution is 2.30. The highest BCUT2D eigenvalue weighted by Gasteiger charge is 2.12. The molecule has 0 saturated heterocycles. The number of nitrogens with zero attached hydrogens (tertiary/aromatic N) is 2. The largest absolute Gasteiger partial charge is 0.337 e. The van der Waals surface area contributed by atoms with Crippen molar-refractivity contribution in [2.45, 2.75) is 0 Å². The Bertz CT molecular complexity index is 1100. The molecule has 0 aliphatic heterocycles. The molecule has 0 atom stereocenters. The molecule has 3 nitrogen and oxygen atoms in total. The molecule has 0 saturated carbocycles. The molecule has 0 radical (unpaired) electrons. The fraction of sp³-hybridized carbons (Fsp3) is 0. The first kappa shape index (κ1) is 16.8. The van der Waals surface area contributed by atoms with Crippen LogP contribution >= 0.6 is 23.2 Å². The zero-order valence-electron chi connectivity index (χ0n) is 13.4. The third-order valence-electron chi connectivity index (χ3n) is 3.89. The lowest BCUT2D eigenvalue weighted by Crippen LogP contribution is -2.00. The van der Waals surface area contributed by atoms with Gasteiger partial charge in [-0.3, -0.25) is 0 Å². The van der Waals surface area contributed by atoms with Crippen molar-refractivity contribution in [1.29, 1.82) is 0 Å². The molecule has 26 heavy (non-hydrogen) atoms. The number of halogens is 3. The standard InChI is InChI=1S/C20H12Cl2FN3/c21-13-7-5-12(6-8-13)19-25-18-11-14(22)9-10-15(18)20(26-19)24-17-4-2-1-3-16(17)23/h1-11H,(H,24,25,26). The number of para-hydroxylation sites is 1. The number of nitrogens with one attached hydrogen (secondary N) is 1. The van der Waals surface area contributed by atoms with Gasteiger partial charge in [0.15, 0.2) is 5.82 Å². The van der Waals surface area contributed by atoms with Gasteiger partial charge in [-0.1, -0.05) is 35.3 Å². The van der Waals surface area contributed by atoms with Gasteiger partial charge < -0.3 is 5.32 Å². The normalized spacial score (nSPS) is 10.9. The van der Waals surface area contributed by atoms with E-state index in [2.05, 4.69) is 15.3 Å². The Balaban J connectivity index is 1.89. The summed E-state index contributed by atoms with van der Waals surface area (Å²) in [6, 6.07) is 19.0. The van der Waals surface area contributed by atoms with Gasteiger partial charge in [-0.2, -0.15) is 0 Å². The van der Waals surface area contributed by atoms with E-state index in [1.54, 1.807) is 42.5 Å². The minimum Gasteiger partial charge on any atom is -0.337 e. The lowest BCUT2D eigenvalue weighted by atomic mass is 10.1. The smallest absolute Gasteiger partial charge is 0.162 e. The van der Waals surface area contributed by atoms with Crippen molar-refractivity contribution in [3.05, 3.63) is 82.6 Å². The summed E-state index contributed by atoms with van der Waals surface area (Å²) in [7, 11) is 0. The molecule has 0 spiro atoms. The van der Waals surface area contributed by atoms with E-state index in [-0.39, 0.29) is 5.82 Å². The molecular formula is C20H12Cl2FN3. The van der Waals surface area contributed by atoms with Crippen molar-refractivity contribution in [2.24, 2.45) is 0 Å². The van der Waals surface area contributed by atoms with Gasteiger partial charge in [0, 0.05) is 21.0 Å². The first-order valence-corrected chi connectivity index (χ1v) is 8.60. The molecule has 4 rings (SSSR count). The number of hydrogen-bond donors (Lipinski definition) is 1. The van der Waals surface area contributed by atoms with Crippen LogP contribution in [0.5, 0.6) is 0 Å². The first-order valence-electron chi connectivity index (χ1n) is 7.85. The molecule has 1 N–H and O–H groups in total. The maximum Gasteiger partial charge on any atom is 0.162 e. The molecule has 4 aromatic rings. The number of anilines is 2. The van der Waals surface area contributed by atoms with Crippen molar-refractivity contribution in [3.8, 4) is 11.4 Å². The number of rotatable bonds is 3. The molecule has 6 heteroatoms. The topological polar surface area (TPSA) is 37.8 Å².